The molecular formula is C10H16N2S. The van der Waals surface area contributed by atoms with Gasteiger partial charge in [-0.2, -0.15) is 0 Å². The third-order valence-corrected chi connectivity index (χ3v) is 1.77. The zero-order valence-corrected chi connectivity index (χ0v) is 9.27. The highest BCUT2D eigenvalue weighted by atomic mass is 32.2. The van der Waals surface area contributed by atoms with Crippen LogP contribution in [0.15, 0.2) is 40.2 Å². The molecule has 0 rings (SSSR count). The molecule has 0 fully saturated rings. The summed E-state index contributed by atoms with van der Waals surface area (Å²) >= 11 is 1.47. The van der Waals surface area contributed by atoms with E-state index in [0.717, 1.165) is 9.93 Å². The van der Waals surface area contributed by atoms with Crippen LogP contribution in [-0.2, 0) is 0 Å². The molecular weight excluding hydrogens is 180 g/mol. The highest BCUT2D eigenvalue weighted by Gasteiger charge is 1.92. The van der Waals surface area contributed by atoms with Crippen molar-refractivity contribution >= 4 is 18.1 Å². The summed E-state index contributed by atoms with van der Waals surface area (Å²) in [6, 6.07) is 0. The van der Waals surface area contributed by atoms with E-state index in [1.807, 2.05) is 38.1 Å². The third-order valence-electron chi connectivity index (χ3n) is 1.03. The van der Waals surface area contributed by atoms with E-state index in [1.165, 1.54) is 11.8 Å². The predicted octanol–water partition coefficient (Wildman–Crippen LogP) is 2.87. The Kier molecular flexibility index (Phi) is 6.06. The molecule has 0 aliphatic rings. The topological polar surface area (TPSA) is 15.6 Å². The maximum atomic E-state index is 4.12. The van der Waals surface area contributed by atoms with E-state index >= 15 is 0 Å². The van der Waals surface area contributed by atoms with Crippen LogP contribution in [0.5, 0.6) is 0 Å². The van der Waals surface area contributed by atoms with Gasteiger partial charge in [0.05, 0.1) is 11.4 Å². The number of nitrogens with zero attached hydrogens (tertiary/aromatic N) is 2. The van der Waals surface area contributed by atoms with Crippen molar-refractivity contribution in [3.8, 4) is 0 Å². The Balaban J connectivity index is 3.95. The Morgan fingerprint density at radius 3 is 2.46 bits per heavy atom. The van der Waals surface area contributed by atoms with Crippen LogP contribution in [0.4, 0.5) is 0 Å². The van der Waals surface area contributed by atoms with Crippen molar-refractivity contribution in [2.24, 2.45) is 4.99 Å². The van der Waals surface area contributed by atoms with Crippen LogP contribution in [0, 0.1) is 0 Å². The molecule has 0 aromatic heterocycles. The summed E-state index contributed by atoms with van der Waals surface area (Å²) in [4.78, 5) is 6.93. The molecule has 0 aliphatic heterocycles. The van der Waals surface area contributed by atoms with Crippen molar-refractivity contribution in [2.45, 2.75) is 6.92 Å². The first kappa shape index (κ1) is 12.0. The highest BCUT2D eigenvalue weighted by Crippen LogP contribution is 2.23. The van der Waals surface area contributed by atoms with Gasteiger partial charge in [-0.25, -0.2) is 4.99 Å². The van der Waals surface area contributed by atoms with Gasteiger partial charge in [0.25, 0.3) is 0 Å². The molecule has 0 saturated carbocycles. The first-order chi connectivity index (χ1) is 6.06. The molecule has 0 aromatic carbocycles. The first-order valence-corrected chi connectivity index (χ1v) is 4.77. The van der Waals surface area contributed by atoms with Crippen LogP contribution in [0.25, 0.3) is 0 Å². The molecule has 0 spiro atoms. The second-order valence-corrected chi connectivity index (χ2v) is 3.87. The van der Waals surface area contributed by atoms with Crippen LogP contribution < -0.4 is 0 Å². The van der Waals surface area contributed by atoms with Crippen molar-refractivity contribution in [2.75, 3.05) is 14.1 Å². The average molecular weight is 196 g/mol. The van der Waals surface area contributed by atoms with E-state index in [-0.39, 0.29) is 0 Å². The zero-order chi connectivity index (χ0) is 10.3. The predicted molar refractivity (Wildman–Crippen MR) is 62.9 cm³/mol. The number of aliphatic imine (C=N–C) groups is 1. The van der Waals surface area contributed by atoms with Gasteiger partial charge in [-0.3, -0.25) is 0 Å². The molecule has 13 heavy (non-hydrogen) atoms. The van der Waals surface area contributed by atoms with Gasteiger partial charge >= 0.3 is 0 Å². The second kappa shape index (κ2) is 6.54. The number of hydrogen-bond acceptors (Lipinski definition) is 2. The lowest BCUT2D eigenvalue weighted by molar-refractivity contribution is 0.643. The fourth-order valence-corrected chi connectivity index (χ4v) is 1.18. The van der Waals surface area contributed by atoms with Crippen molar-refractivity contribution in [3.63, 3.8) is 0 Å². The maximum absolute atomic E-state index is 4.12. The Labute approximate surface area is 84.7 Å². The molecule has 0 atom stereocenters. The Morgan fingerprint density at radius 2 is 2.00 bits per heavy atom. The van der Waals surface area contributed by atoms with Crippen LogP contribution >= 0.6 is 11.8 Å². The lowest BCUT2D eigenvalue weighted by Crippen LogP contribution is -2.07. The zero-order valence-electron chi connectivity index (χ0n) is 8.45. The fraction of sp³-hybridized carbons (Fsp3) is 0.300. The van der Waals surface area contributed by atoms with Crippen LogP contribution in [0.2, 0.25) is 0 Å². The molecule has 72 valence electrons. The van der Waals surface area contributed by atoms with E-state index in [0.29, 0.717) is 0 Å². The summed E-state index contributed by atoms with van der Waals surface area (Å²) < 4.78 is 0. The van der Waals surface area contributed by atoms with Gasteiger partial charge in [-0.15, -0.1) is 0 Å². The molecule has 0 aromatic rings. The lowest BCUT2D eigenvalue weighted by atomic mass is 10.5. The van der Waals surface area contributed by atoms with Gasteiger partial charge in [0, 0.05) is 19.0 Å². The molecule has 3 heteroatoms. The number of allylic oxidation sites excluding steroid dienone is 2. The first-order valence-electron chi connectivity index (χ1n) is 3.95. The molecule has 2 nitrogen and oxygen atoms in total. The van der Waals surface area contributed by atoms with Gasteiger partial charge in [0.1, 0.15) is 0 Å². The molecule has 0 unspecified atom stereocenters. The summed E-state index contributed by atoms with van der Waals surface area (Å²) in [5.74, 6) is 0. The fourth-order valence-electron chi connectivity index (χ4n) is 0.577. The van der Waals surface area contributed by atoms with E-state index < -0.39 is 0 Å². The molecule has 0 N–H and O–H groups in total. The Bertz CT molecular complexity index is 239. The molecule has 0 heterocycles. The maximum Gasteiger partial charge on any atom is 0.0953 e. The normalized spacial score (nSPS) is 11.0. The van der Waals surface area contributed by atoms with E-state index in [4.69, 9.17) is 0 Å². The van der Waals surface area contributed by atoms with Crippen LogP contribution in [0.1, 0.15) is 6.92 Å². The monoisotopic (exact) mass is 196 g/mol. The molecule has 0 saturated heterocycles. The van der Waals surface area contributed by atoms with Gasteiger partial charge in [0.2, 0.25) is 0 Å². The number of hydrogen-bond donors (Lipinski definition) is 0. The lowest BCUT2D eigenvalue weighted by Gasteiger charge is -2.03. The summed E-state index contributed by atoms with van der Waals surface area (Å²) in [5.41, 5.74) is 0. The standard InChI is InChI=1S/C10H16N2S/c1-6-7-9(2)13-10(3)11-8-12(4)5/h6-8H,2-3H2,1,4-5H3/b7-6-,11-8?. The molecule has 0 aliphatic carbocycles. The van der Waals surface area contributed by atoms with Gasteiger partial charge < -0.3 is 4.90 Å². The minimum Gasteiger partial charge on any atom is -0.369 e. The minimum atomic E-state index is 0.747. The third kappa shape index (κ3) is 7.40. The molecule has 0 bridgehead atoms. The van der Waals surface area contributed by atoms with Crippen LogP contribution in [0.3, 0.4) is 0 Å². The van der Waals surface area contributed by atoms with Crippen LogP contribution in [-0.4, -0.2) is 25.3 Å². The van der Waals surface area contributed by atoms with Crippen molar-refractivity contribution in [1.82, 2.24) is 4.90 Å². The van der Waals surface area contributed by atoms with E-state index in [2.05, 4.69) is 18.2 Å². The number of rotatable bonds is 5. The van der Waals surface area contributed by atoms with E-state index in [9.17, 15) is 0 Å². The highest BCUT2D eigenvalue weighted by molar-refractivity contribution is 8.06. The molecule has 0 radical (unpaired) electrons. The Morgan fingerprint density at radius 1 is 1.38 bits per heavy atom. The van der Waals surface area contributed by atoms with E-state index in [1.54, 1.807) is 6.34 Å². The van der Waals surface area contributed by atoms with Gasteiger partial charge in [-0.05, 0) is 6.92 Å². The minimum absolute atomic E-state index is 0.747. The largest absolute Gasteiger partial charge is 0.369 e. The van der Waals surface area contributed by atoms with Gasteiger partial charge in [-0.1, -0.05) is 37.1 Å². The molecule has 0 amide bonds. The smallest absolute Gasteiger partial charge is 0.0953 e. The Hall–Kier alpha value is -0.960. The van der Waals surface area contributed by atoms with Crippen molar-refractivity contribution in [3.05, 3.63) is 35.2 Å². The summed E-state index contributed by atoms with van der Waals surface area (Å²) in [5, 5.41) is 0.747. The van der Waals surface area contributed by atoms with Crippen molar-refractivity contribution < 1.29 is 0 Å². The quantitative estimate of drug-likeness (QED) is 0.382. The average Bonchev–Trinajstić information content (AvgIpc) is 2.01. The van der Waals surface area contributed by atoms with Crippen molar-refractivity contribution in [1.29, 1.82) is 0 Å². The summed E-state index contributed by atoms with van der Waals surface area (Å²) in [6.07, 6.45) is 5.59. The number of thioether (sulfide) groups is 1. The van der Waals surface area contributed by atoms with Gasteiger partial charge in [0.15, 0.2) is 0 Å². The second-order valence-electron chi connectivity index (χ2n) is 2.67. The summed E-state index contributed by atoms with van der Waals surface area (Å²) in [7, 11) is 3.84. The SMILES string of the molecule is C=C(/C=C\C)SC(=C)N=CN(C)C. The summed E-state index contributed by atoms with van der Waals surface area (Å²) in [6.45, 7) is 9.59.